The average molecular weight is 995 g/mol. The van der Waals surface area contributed by atoms with Gasteiger partial charge in [-0.05, 0) is 0 Å². The van der Waals surface area contributed by atoms with E-state index in [1.807, 2.05) is 0 Å². The van der Waals surface area contributed by atoms with E-state index in [0.717, 1.165) is 0 Å². The summed E-state index contributed by atoms with van der Waals surface area (Å²) in [7, 11) is 0. The summed E-state index contributed by atoms with van der Waals surface area (Å²) >= 11 is 0. The van der Waals surface area contributed by atoms with Crippen LogP contribution in [0.2, 0.25) is 0 Å². The Kier molecular flexibility index (Phi) is 2140. The van der Waals surface area contributed by atoms with Crippen molar-refractivity contribution in [2.45, 2.75) is 0 Å². The van der Waals surface area contributed by atoms with E-state index >= 15 is 0 Å². The van der Waals surface area contributed by atoms with Crippen molar-refractivity contribution in [3.63, 3.8) is 0 Å². The van der Waals surface area contributed by atoms with Crippen molar-refractivity contribution in [2.75, 3.05) is 0 Å². The van der Waals surface area contributed by atoms with E-state index in [2.05, 4.69) is 0 Å². The summed E-state index contributed by atoms with van der Waals surface area (Å²) in [6.07, 6.45) is 0. The molecular weight excluding hydrogens is 970 g/mol. The van der Waals surface area contributed by atoms with Crippen molar-refractivity contribution >= 4 is 414 Å². The number of hydrogen-bond donors (Lipinski definition) is 0. The molecule has 0 amide bonds. The molecule has 0 aliphatic heterocycles. The monoisotopic (exact) mass is 989 g/mol. The van der Waals surface area contributed by atoms with Gasteiger partial charge in [-0.3, -0.25) is 0 Å². The predicted molar refractivity (Wildman–Crippen MR) is 149 cm³/mol. The van der Waals surface area contributed by atoms with Gasteiger partial charge in [0.05, 0.1) is 0 Å². The summed E-state index contributed by atoms with van der Waals surface area (Å²) in [5, 5.41) is 0. The fourth-order valence-corrected chi connectivity index (χ4v) is 0. The van der Waals surface area contributed by atoms with Crippen LogP contribution in [0, 0.1) is 0 Å². The molecule has 0 atom stereocenters. The number of rotatable bonds is 0. The van der Waals surface area contributed by atoms with Gasteiger partial charge in [-0.15, -0.1) is 186 Å². The third-order valence-corrected chi connectivity index (χ3v) is 0. The Morgan fingerprint density at radius 1 is 0.150 bits per heavy atom. The standard InChI is InChI=1S/15ClH.5Sr.10H/h15*1H;;;;;;;;;;;;;;;/q;;;;;;;;;;;;;;;5*+2;10*-1. The Balaban J connectivity index is 0. The quantitative estimate of drug-likeness (QED) is 0.280. The molecule has 140 valence electrons. The van der Waals surface area contributed by atoms with Gasteiger partial charge < -0.3 is 14.3 Å². The van der Waals surface area contributed by atoms with Crippen molar-refractivity contribution in [3.05, 3.63) is 0 Å². The van der Waals surface area contributed by atoms with Crippen molar-refractivity contribution < 1.29 is 14.3 Å². The van der Waals surface area contributed by atoms with Crippen molar-refractivity contribution in [2.24, 2.45) is 0 Å². The van der Waals surface area contributed by atoms with Gasteiger partial charge in [0, 0.05) is 0 Å². The second kappa shape index (κ2) is 197. The molecule has 0 nitrogen and oxygen atoms in total. The van der Waals surface area contributed by atoms with E-state index in [1.165, 1.54) is 0 Å². The van der Waals surface area contributed by atoms with Gasteiger partial charge >= 0.3 is 227 Å². The molecule has 20 heteroatoms. The fraction of sp³-hybridized carbons (Fsp3) is 0. The molecule has 0 spiro atoms. The molecule has 0 N–H and O–H groups in total. The number of hydrogen-bond acceptors (Lipinski definition) is 0. The molecule has 0 aliphatic rings. The molecule has 0 aromatic heterocycles. The Labute approximate surface area is 415 Å². The average Bonchev–Trinajstić information content (AvgIpc) is 0. The molecule has 20 heavy (non-hydrogen) atoms. The first-order valence-corrected chi connectivity index (χ1v) is 0. The van der Waals surface area contributed by atoms with Gasteiger partial charge in [-0.1, -0.05) is 0 Å². The Morgan fingerprint density at radius 3 is 0.150 bits per heavy atom. The van der Waals surface area contributed by atoms with Gasteiger partial charge in [-0.25, -0.2) is 0 Å². The first kappa shape index (κ1) is 217. The van der Waals surface area contributed by atoms with Crippen LogP contribution >= 0.6 is 186 Å². The van der Waals surface area contributed by atoms with E-state index in [0.29, 0.717) is 0 Å². The molecule has 0 rings (SSSR count). The Hall–Kier alpha value is 11.8. The first-order valence-electron chi connectivity index (χ1n) is 0. The zero-order chi connectivity index (χ0) is 0. The fourth-order valence-electron chi connectivity index (χ4n) is 0. The van der Waals surface area contributed by atoms with Crippen LogP contribution in [-0.2, 0) is 0 Å². The maximum absolute atomic E-state index is 0. The molecule has 0 aromatic carbocycles. The normalized spacial score (nSPS) is 0. The van der Waals surface area contributed by atoms with Crippen LogP contribution in [0.15, 0.2) is 0 Å². The van der Waals surface area contributed by atoms with E-state index in [1.54, 1.807) is 0 Å². The molecule has 0 saturated heterocycles. The van der Waals surface area contributed by atoms with Gasteiger partial charge in [0.1, 0.15) is 0 Å². The maximum atomic E-state index is 0. The van der Waals surface area contributed by atoms with Crippen LogP contribution in [0.4, 0.5) is 0 Å². The largest absolute Gasteiger partial charge is 2.00 e. The van der Waals surface area contributed by atoms with E-state index in [9.17, 15) is 0 Å². The smallest absolute Gasteiger partial charge is 1.00 e. The van der Waals surface area contributed by atoms with Crippen LogP contribution in [-0.4, -0.2) is 227 Å². The molecule has 0 fully saturated rings. The Morgan fingerprint density at radius 2 is 0.150 bits per heavy atom. The molecule has 0 aliphatic carbocycles. The van der Waals surface area contributed by atoms with Crippen LogP contribution in [0.1, 0.15) is 14.3 Å². The summed E-state index contributed by atoms with van der Waals surface area (Å²) in [4.78, 5) is 0. The molecule has 0 aromatic rings. The molecular formula is H25Cl15Sr5. The third-order valence-electron chi connectivity index (χ3n) is 0. The predicted octanol–water partition coefficient (Wildman–Crippen LogP) is 5.55. The van der Waals surface area contributed by atoms with Crippen molar-refractivity contribution in [3.8, 4) is 0 Å². The molecule has 0 heterocycles. The van der Waals surface area contributed by atoms with Crippen LogP contribution in [0.5, 0.6) is 0 Å². The minimum absolute atomic E-state index is 0. The Bertz CT molecular complexity index is 43.8. The van der Waals surface area contributed by atoms with Gasteiger partial charge in [0.15, 0.2) is 0 Å². The van der Waals surface area contributed by atoms with E-state index in [4.69, 9.17) is 0 Å². The summed E-state index contributed by atoms with van der Waals surface area (Å²) in [6, 6.07) is 0. The number of halogens is 15. The van der Waals surface area contributed by atoms with Gasteiger partial charge in [-0.2, -0.15) is 0 Å². The van der Waals surface area contributed by atoms with Gasteiger partial charge in [0.25, 0.3) is 0 Å². The zero-order valence-corrected chi connectivity index (χ0v) is 39.3. The SMILES string of the molecule is Cl.Cl.Cl.Cl.Cl.Cl.Cl.Cl.Cl.Cl.Cl.Cl.Cl.Cl.Cl.[H-].[H-].[H-].[H-].[H-].[H-].[H-].[H-].[H-].[H-].[Sr+2].[Sr+2].[Sr+2].[Sr+2].[Sr+2]. The second-order valence-electron chi connectivity index (χ2n) is 0. The molecule has 0 radical (unpaired) electrons. The van der Waals surface area contributed by atoms with Gasteiger partial charge in [0.2, 0.25) is 0 Å². The third kappa shape index (κ3) is 178. The second-order valence-corrected chi connectivity index (χ2v) is 0. The molecule has 0 saturated carbocycles. The molecule has 0 bridgehead atoms. The van der Waals surface area contributed by atoms with E-state index < -0.39 is 0 Å². The minimum atomic E-state index is 0. The summed E-state index contributed by atoms with van der Waals surface area (Å²) in [5.41, 5.74) is 0. The first-order chi connectivity index (χ1) is 0. The summed E-state index contributed by atoms with van der Waals surface area (Å²) < 4.78 is 0. The van der Waals surface area contributed by atoms with E-state index in [-0.39, 0.29) is 428 Å². The van der Waals surface area contributed by atoms with Crippen LogP contribution in [0.25, 0.3) is 0 Å². The van der Waals surface area contributed by atoms with Crippen molar-refractivity contribution in [1.82, 2.24) is 0 Å². The van der Waals surface area contributed by atoms with Crippen molar-refractivity contribution in [1.29, 1.82) is 0 Å². The summed E-state index contributed by atoms with van der Waals surface area (Å²) in [5.74, 6) is 0. The van der Waals surface area contributed by atoms with Crippen LogP contribution < -0.4 is 0 Å². The minimum Gasteiger partial charge on any atom is -1.00 e. The summed E-state index contributed by atoms with van der Waals surface area (Å²) in [6.45, 7) is 0. The molecule has 0 unspecified atom stereocenters. The maximum Gasteiger partial charge on any atom is 2.00 e. The van der Waals surface area contributed by atoms with Crippen LogP contribution in [0.3, 0.4) is 0 Å². The topological polar surface area (TPSA) is 0 Å². The zero-order valence-electron chi connectivity index (χ0n) is 19.7.